The number of halogens is 1. The van der Waals surface area contributed by atoms with Gasteiger partial charge >= 0.3 is 0 Å². The molecule has 0 atom stereocenters. The number of hydrogen-bond donors (Lipinski definition) is 0. The van der Waals surface area contributed by atoms with Crippen molar-refractivity contribution in [1.29, 1.82) is 0 Å². The smallest absolute Gasteiger partial charge is 0.0960 e. The van der Waals surface area contributed by atoms with Crippen molar-refractivity contribution in [2.45, 2.75) is 40.0 Å². The summed E-state index contributed by atoms with van der Waals surface area (Å²) in [4.78, 5) is 0. The standard InChI is InChI=1S/C10H17F/c1-4-6-7-8-10(5-2)9(3)11/h4,6H,5,7-8H2,1-3H3/b6-4-,10-9+. The molecule has 0 fully saturated rings. The maximum absolute atomic E-state index is 12.6. The molecule has 0 N–H and O–H groups in total. The van der Waals surface area contributed by atoms with E-state index in [9.17, 15) is 4.39 Å². The van der Waals surface area contributed by atoms with Crippen molar-refractivity contribution in [3.05, 3.63) is 23.6 Å². The van der Waals surface area contributed by atoms with E-state index in [0.29, 0.717) is 0 Å². The molecule has 0 unspecified atom stereocenters. The van der Waals surface area contributed by atoms with Gasteiger partial charge in [0.05, 0.1) is 5.83 Å². The minimum Gasteiger partial charge on any atom is -0.212 e. The molecular formula is C10H17F. The first-order valence-electron chi connectivity index (χ1n) is 4.17. The lowest BCUT2D eigenvalue weighted by molar-refractivity contribution is 0.611. The molecule has 1 heteroatoms. The summed E-state index contributed by atoms with van der Waals surface area (Å²) in [5.41, 5.74) is 0.947. The van der Waals surface area contributed by atoms with E-state index in [4.69, 9.17) is 0 Å². The Morgan fingerprint density at radius 1 is 1.45 bits per heavy atom. The van der Waals surface area contributed by atoms with Crippen molar-refractivity contribution in [3.8, 4) is 0 Å². The largest absolute Gasteiger partial charge is 0.212 e. The molecule has 0 radical (unpaired) electrons. The SMILES string of the molecule is C/C=C\CC/C(CC)=C(\C)F. The van der Waals surface area contributed by atoms with Crippen LogP contribution in [0, 0.1) is 0 Å². The Labute approximate surface area is 68.8 Å². The van der Waals surface area contributed by atoms with Crippen LogP contribution in [0.15, 0.2) is 23.6 Å². The summed E-state index contributed by atoms with van der Waals surface area (Å²) in [5, 5.41) is 0. The highest BCUT2D eigenvalue weighted by atomic mass is 19.1. The van der Waals surface area contributed by atoms with Gasteiger partial charge in [0.15, 0.2) is 0 Å². The molecule has 0 aromatic heterocycles. The second-order valence-corrected chi connectivity index (χ2v) is 2.60. The molecule has 0 saturated heterocycles. The third kappa shape index (κ3) is 4.77. The predicted molar refractivity (Wildman–Crippen MR) is 48.1 cm³/mol. The lowest BCUT2D eigenvalue weighted by Crippen LogP contribution is -1.82. The van der Waals surface area contributed by atoms with E-state index in [1.54, 1.807) is 0 Å². The topological polar surface area (TPSA) is 0 Å². The summed E-state index contributed by atoms with van der Waals surface area (Å²) in [6.45, 7) is 5.51. The molecule has 0 nitrogen and oxygen atoms in total. The monoisotopic (exact) mass is 156 g/mol. The van der Waals surface area contributed by atoms with Gasteiger partial charge in [-0.2, -0.15) is 0 Å². The fraction of sp³-hybridized carbons (Fsp3) is 0.600. The third-order valence-corrected chi connectivity index (χ3v) is 1.76. The third-order valence-electron chi connectivity index (χ3n) is 1.76. The molecule has 0 aliphatic rings. The second-order valence-electron chi connectivity index (χ2n) is 2.60. The number of rotatable bonds is 4. The summed E-state index contributed by atoms with van der Waals surface area (Å²) >= 11 is 0. The van der Waals surface area contributed by atoms with Crippen molar-refractivity contribution >= 4 is 0 Å². The molecule has 0 aliphatic heterocycles. The lowest BCUT2D eigenvalue weighted by atomic mass is 10.1. The van der Waals surface area contributed by atoms with Crippen molar-refractivity contribution in [1.82, 2.24) is 0 Å². The van der Waals surface area contributed by atoms with Gasteiger partial charge in [-0.05, 0) is 38.7 Å². The van der Waals surface area contributed by atoms with Crippen LogP contribution in [0.3, 0.4) is 0 Å². The quantitative estimate of drug-likeness (QED) is 0.540. The fourth-order valence-electron chi connectivity index (χ4n) is 1.02. The molecule has 0 aromatic rings. The molecule has 11 heavy (non-hydrogen) atoms. The van der Waals surface area contributed by atoms with Crippen molar-refractivity contribution in [2.75, 3.05) is 0 Å². The van der Waals surface area contributed by atoms with Crippen LogP contribution in [-0.2, 0) is 0 Å². The van der Waals surface area contributed by atoms with Gasteiger partial charge in [-0.15, -0.1) is 0 Å². The average Bonchev–Trinajstić information content (AvgIpc) is 1.97. The highest BCUT2D eigenvalue weighted by Gasteiger charge is 1.97. The van der Waals surface area contributed by atoms with Crippen LogP contribution in [0.5, 0.6) is 0 Å². The van der Waals surface area contributed by atoms with Crippen molar-refractivity contribution in [3.63, 3.8) is 0 Å². The first-order chi connectivity index (χ1) is 5.22. The maximum atomic E-state index is 12.6. The van der Waals surface area contributed by atoms with Crippen LogP contribution in [0.25, 0.3) is 0 Å². The summed E-state index contributed by atoms with van der Waals surface area (Å²) in [6.07, 6.45) is 6.73. The first kappa shape index (κ1) is 10.4. The van der Waals surface area contributed by atoms with Gasteiger partial charge in [0.25, 0.3) is 0 Å². The van der Waals surface area contributed by atoms with Gasteiger partial charge in [-0.25, -0.2) is 4.39 Å². The zero-order chi connectivity index (χ0) is 8.69. The Hall–Kier alpha value is -0.590. The second kappa shape index (κ2) is 6.14. The Bertz CT molecular complexity index is 150. The summed E-state index contributed by atoms with van der Waals surface area (Å²) in [6, 6.07) is 0. The predicted octanol–water partition coefficient (Wildman–Crippen LogP) is 4.00. The number of hydrogen-bond acceptors (Lipinski definition) is 0. The van der Waals surface area contributed by atoms with Crippen LogP contribution in [0.1, 0.15) is 40.0 Å². The molecule has 0 aromatic carbocycles. The van der Waals surface area contributed by atoms with E-state index in [1.165, 1.54) is 6.92 Å². The molecule has 0 rings (SSSR count). The van der Waals surface area contributed by atoms with Crippen LogP contribution in [0.2, 0.25) is 0 Å². The van der Waals surface area contributed by atoms with Gasteiger partial charge in [0.2, 0.25) is 0 Å². The Morgan fingerprint density at radius 2 is 2.09 bits per heavy atom. The molecule has 0 heterocycles. The molecule has 0 saturated carbocycles. The van der Waals surface area contributed by atoms with Crippen LogP contribution in [0.4, 0.5) is 4.39 Å². The van der Waals surface area contributed by atoms with Crippen molar-refractivity contribution in [2.24, 2.45) is 0 Å². The molecule has 0 aliphatic carbocycles. The van der Waals surface area contributed by atoms with Gasteiger partial charge in [-0.3, -0.25) is 0 Å². The first-order valence-corrected chi connectivity index (χ1v) is 4.17. The van der Waals surface area contributed by atoms with Gasteiger partial charge in [0.1, 0.15) is 0 Å². The van der Waals surface area contributed by atoms with Gasteiger partial charge < -0.3 is 0 Å². The van der Waals surface area contributed by atoms with E-state index in [1.807, 2.05) is 19.9 Å². The fourth-order valence-corrected chi connectivity index (χ4v) is 1.02. The highest BCUT2D eigenvalue weighted by molar-refractivity contribution is 5.06. The average molecular weight is 156 g/mol. The summed E-state index contributed by atoms with van der Waals surface area (Å²) < 4.78 is 12.6. The molecule has 0 spiro atoms. The normalized spacial score (nSPS) is 13.8. The summed E-state index contributed by atoms with van der Waals surface area (Å²) in [5.74, 6) is -0.00277. The zero-order valence-corrected chi connectivity index (χ0v) is 7.65. The lowest BCUT2D eigenvalue weighted by Gasteiger charge is -2.01. The molecule has 0 bridgehead atoms. The minimum atomic E-state index is -0.00277. The molecule has 0 amide bonds. The minimum absolute atomic E-state index is 0.00277. The highest BCUT2D eigenvalue weighted by Crippen LogP contribution is 2.15. The van der Waals surface area contributed by atoms with Gasteiger partial charge in [-0.1, -0.05) is 19.1 Å². The number of allylic oxidation sites excluding steroid dienone is 4. The van der Waals surface area contributed by atoms with Gasteiger partial charge in [0, 0.05) is 0 Å². The van der Waals surface area contributed by atoms with E-state index in [-0.39, 0.29) is 5.83 Å². The van der Waals surface area contributed by atoms with Crippen molar-refractivity contribution < 1.29 is 4.39 Å². The van der Waals surface area contributed by atoms with Crippen LogP contribution >= 0.6 is 0 Å². The Kier molecular flexibility index (Phi) is 5.81. The Morgan fingerprint density at radius 3 is 2.45 bits per heavy atom. The zero-order valence-electron chi connectivity index (χ0n) is 7.65. The van der Waals surface area contributed by atoms with E-state index in [0.717, 1.165) is 24.8 Å². The van der Waals surface area contributed by atoms with E-state index >= 15 is 0 Å². The Balaban J connectivity index is 3.81. The van der Waals surface area contributed by atoms with Crippen LogP contribution in [-0.4, -0.2) is 0 Å². The molecule has 64 valence electrons. The summed E-state index contributed by atoms with van der Waals surface area (Å²) in [7, 11) is 0. The van der Waals surface area contributed by atoms with Crippen LogP contribution < -0.4 is 0 Å². The molecular weight excluding hydrogens is 139 g/mol. The maximum Gasteiger partial charge on any atom is 0.0960 e. The van der Waals surface area contributed by atoms with E-state index in [2.05, 4.69) is 6.08 Å². The van der Waals surface area contributed by atoms with E-state index < -0.39 is 0 Å².